The van der Waals surface area contributed by atoms with E-state index in [0.717, 1.165) is 35.7 Å². The molecule has 0 radical (unpaired) electrons. The Morgan fingerprint density at radius 1 is 1.25 bits per heavy atom. The van der Waals surface area contributed by atoms with E-state index in [0.29, 0.717) is 12.3 Å². The maximum Gasteiger partial charge on any atom is 0.267 e. The molecule has 5 nitrogen and oxygen atoms in total. The highest BCUT2D eigenvalue weighted by Gasteiger charge is 2.20. The summed E-state index contributed by atoms with van der Waals surface area (Å²) in [4.78, 5) is 15.2. The SMILES string of the molecule is CC(C)n1nc2c(cc1=O)CN(CCS(=O)c1ccccc1)CC2. The van der Waals surface area contributed by atoms with Crippen LogP contribution in [0, 0.1) is 0 Å². The molecule has 2 heterocycles. The molecule has 0 bridgehead atoms. The van der Waals surface area contributed by atoms with Gasteiger partial charge in [-0.15, -0.1) is 0 Å². The molecule has 24 heavy (non-hydrogen) atoms. The fourth-order valence-electron chi connectivity index (χ4n) is 2.94. The van der Waals surface area contributed by atoms with E-state index in [1.807, 2.05) is 44.2 Å². The third kappa shape index (κ3) is 3.82. The van der Waals surface area contributed by atoms with Crippen molar-refractivity contribution in [3.63, 3.8) is 0 Å². The quantitative estimate of drug-likeness (QED) is 0.832. The molecule has 0 N–H and O–H groups in total. The molecule has 1 aromatic heterocycles. The number of nitrogens with zero attached hydrogens (tertiary/aromatic N) is 3. The Balaban J connectivity index is 1.64. The summed E-state index contributed by atoms with van der Waals surface area (Å²) < 4.78 is 13.9. The van der Waals surface area contributed by atoms with Gasteiger partial charge in [0, 0.05) is 42.8 Å². The molecule has 0 fully saturated rings. The molecule has 6 heteroatoms. The van der Waals surface area contributed by atoms with E-state index in [4.69, 9.17) is 0 Å². The van der Waals surface area contributed by atoms with Gasteiger partial charge in [-0.25, -0.2) is 4.68 Å². The number of hydrogen-bond donors (Lipinski definition) is 0. The first-order chi connectivity index (χ1) is 11.5. The molecule has 0 saturated heterocycles. The van der Waals surface area contributed by atoms with Crippen molar-refractivity contribution in [2.45, 2.75) is 37.8 Å². The molecule has 1 atom stereocenters. The van der Waals surface area contributed by atoms with Crippen molar-refractivity contribution in [2.24, 2.45) is 0 Å². The van der Waals surface area contributed by atoms with Crippen LogP contribution in [0.5, 0.6) is 0 Å². The summed E-state index contributed by atoms with van der Waals surface area (Å²) >= 11 is 0. The van der Waals surface area contributed by atoms with Crippen LogP contribution >= 0.6 is 0 Å². The van der Waals surface area contributed by atoms with Crippen molar-refractivity contribution in [3.8, 4) is 0 Å². The lowest BCUT2D eigenvalue weighted by molar-refractivity contribution is 0.263. The summed E-state index contributed by atoms with van der Waals surface area (Å²) in [6.07, 6.45) is 0.834. The van der Waals surface area contributed by atoms with E-state index >= 15 is 0 Å². The van der Waals surface area contributed by atoms with Crippen LogP contribution in [0.2, 0.25) is 0 Å². The van der Waals surface area contributed by atoms with Gasteiger partial charge in [-0.3, -0.25) is 13.9 Å². The Hall–Kier alpha value is -1.79. The van der Waals surface area contributed by atoms with Crippen molar-refractivity contribution in [1.82, 2.24) is 14.7 Å². The summed E-state index contributed by atoms with van der Waals surface area (Å²) in [6, 6.07) is 11.3. The minimum Gasteiger partial charge on any atom is -0.298 e. The van der Waals surface area contributed by atoms with E-state index in [1.165, 1.54) is 0 Å². The summed E-state index contributed by atoms with van der Waals surface area (Å²) in [6.45, 7) is 6.29. The highest BCUT2D eigenvalue weighted by Crippen LogP contribution is 2.16. The van der Waals surface area contributed by atoms with Crippen LogP contribution in [-0.4, -0.2) is 37.7 Å². The molecule has 1 aliphatic rings. The largest absolute Gasteiger partial charge is 0.298 e. The van der Waals surface area contributed by atoms with Gasteiger partial charge in [0.2, 0.25) is 0 Å². The molecule has 1 unspecified atom stereocenters. The van der Waals surface area contributed by atoms with Crippen LogP contribution in [0.25, 0.3) is 0 Å². The zero-order chi connectivity index (χ0) is 17.1. The maximum atomic E-state index is 12.3. The van der Waals surface area contributed by atoms with E-state index in [-0.39, 0.29) is 11.6 Å². The van der Waals surface area contributed by atoms with Gasteiger partial charge in [0.1, 0.15) is 0 Å². The molecule has 0 aliphatic carbocycles. The summed E-state index contributed by atoms with van der Waals surface area (Å²) in [5.41, 5.74) is 1.98. The summed E-state index contributed by atoms with van der Waals surface area (Å²) in [5, 5.41) is 4.51. The Morgan fingerprint density at radius 2 is 2.00 bits per heavy atom. The Morgan fingerprint density at radius 3 is 2.71 bits per heavy atom. The van der Waals surface area contributed by atoms with Gasteiger partial charge in [0.05, 0.1) is 22.5 Å². The van der Waals surface area contributed by atoms with Crippen molar-refractivity contribution >= 4 is 10.8 Å². The van der Waals surface area contributed by atoms with Gasteiger partial charge in [0.25, 0.3) is 5.56 Å². The summed E-state index contributed by atoms with van der Waals surface area (Å²) in [5.74, 6) is 0.607. The van der Waals surface area contributed by atoms with Crippen LogP contribution < -0.4 is 5.56 Å². The van der Waals surface area contributed by atoms with Gasteiger partial charge in [-0.05, 0) is 31.5 Å². The molecule has 1 aliphatic heterocycles. The molecular weight excluding hydrogens is 322 g/mol. The molecule has 0 saturated carbocycles. The predicted octanol–water partition coefficient (Wildman–Crippen LogP) is 1.99. The smallest absolute Gasteiger partial charge is 0.267 e. The Kier molecular flexibility index (Phi) is 5.26. The average Bonchev–Trinajstić information content (AvgIpc) is 2.59. The van der Waals surface area contributed by atoms with Crippen molar-refractivity contribution in [1.29, 1.82) is 0 Å². The number of fused-ring (bicyclic) bond motifs is 1. The Labute approximate surface area is 144 Å². The first-order valence-electron chi connectivity index (χ1n) is 8.32. The van der Waals surface area contributed by atoms with E-state index in [9.17, 15) is 9.00 Å². The molecule has 1 aromatic carbocycles. The monoisotopic (exact) mass is 345 g/mol. The van der Waals surface area contributed by atoms with Crippen LogP contribution in [0.4, 0.5) is 0 Å². The van der Waals surface area contributed by atoms with Crippen molar-refractivity contribution in [3.05, 3.63) is 58.0 Å². The lowest BCUT2D eigenvalue weighted by Gasteiger charge is -2.28. The standard InChI is InChI=1S/C18H23N3O2S/c1-14(2)21-18(22)12-15-13-20(9-8-17(15)19-21)10-11-24(23)16-6-4-3-5-7-16/h3-7,12,14H,8-11,13H2,1-2H3. The number of rotatable bonds is 5. The fourth-order valence-corrected chi connectivity index (χ4v) is 4.06. The topological polar surface area (TPSA) is 55.2 Å². The zero-order valence-corrected chi connectivity index (χ0v) is 15.0. The van der Waals surface area contributed by atoms with Crippen LogP contribution in [-0.2, 0) is 23.8 Å². The number of aromatic nitrogens is 2. The second-order valence-corrected chi connectivity index (χ2v) is 7.95. The first kappa shape index (κ1) is 17.0. The molecule has 2 aromatic rings. The molecule has 128 valence electrons. The zero-order valence-electron chi connectivity index (χ0n) is 14.1. The normalized spacial score (nSPS) is 16.1. The van der Waals surface area contributed by atoms with Crippen LogP contribution in [0.3, 0.4) is 0 Å². The molecule has 0 amide bonds. The predicted molar refractivity (Wildman–Crippen MR) is 95.6 cm³/mol. The average molecular weight is 345 g/mol. The molecule has 0 spiro atoms. The van der Waals surface area contributed by atoms with Gasteiger partial charge in [-0.1, -0.05) is 18.2 Å². The third-order valence-electron chi connectivity index (χ3n) is 4.27. The van der Waals surface area contributed by atoms with Gasteiger partial charge >= 0.3 is 0 Å². The minimum absolute atomic E-state index is 0.0431. The van der Waals surface area contributed by atoms with Crippen LogP contribution in [0.15, 0.2) is 46.1 Å². The number of benzene rings is 1. The second-order valence-electron chi connectivity index (χ2n) is 6.38. The summed E-state index contributed by atoms with van der Waals surface area (Å²) in [7, 11) is -0.980. The van der Waals surface area contributed by atoms with Crippen LogP contribution in [0.1, 0.15) is 31.1 Å². The van der Waals surface area contributed by atoms with Crippen molar-refractivity contribution in [2.75, 3.05) is 18.8 Å². The first-order valence-corrected chi connectivity index (χ1v) is 9.64. The minimum atomic E-state index is -0.980. The lowest BCUT2D eigenvalue weighted by Crippen LogP contribution is -2.37. The van der Waals surface area contributed by atoms with Crippen molar-refractivity contribution < 1.29 is 4.21 Å². The van der Waals surface area contributed by atoms with Gasteiger partial charge in [0.15, 0.2) is 0 Å². The van der Waals surface area contributed by atoms with E-state index < -0.39 is 10.8 Å². The van der Waals surface area contributed by atoms with E-state index in [2.05, 4.69) is 10.00 Å². The van der Waals surface area contributed by atoms with E-state index in [1.54, 1.807) is 10.7 Å². The second kappa shape index (κ2) is 7.40. The Bertz CT molecular complexity index is 787. The molecule has 3 rings (SSSR count). The number of hydrogen-bond acceptors (Lipinski definition) is 4. The highest BCUT2D eigenvalue weighted by atomic mass is 32.2. The highest BCUT2D eigenvalue weighted by molar-refractivity contribution is 7.85. The molecular formula is C18H23N3O2S. The van der Waals surface area contributed by atoms with Gasteiger partial charge < -0.3 is 0 Å². The maximum absolute atomic E-state index is 12.3. The fraction of sp³-hybridized carbons (Fsp3) is 0.444. The lowest BCUT2D eigenvalue weighted by atomic mass is 10.1. The third-order valence-corrected chi connectivity index (χ3v) is 5.62. The van der Waals surface area contributed by atoms with Gasteiger partial charge in [-0.2, -0.15) is 5.10 Å².